The first kappa shape index (κ1) is 43.3. The predicted molar refractivity (Wildman–Crippen MR) is 176 cm³/mol. The summed E-state index contributed by atoms with van der Waals surface area (Å²) in [6.45, 7) is 15.5. The summed E-state index contributed by atoms with van der Waals surface area (Å²) in [6, 6.07) is 15.0. The Bertz CT molecular complexity index is 1360. The number of halogens is 2. The molecule has 0 saturated carbocycles. The second-order valence-corrected chi connectivity index (χ2v) is 10.3. The molecule has 0 bridgehead atoms. The van der Waals surface area contributed by atoms with Crippen molar-refractivity contribution < 1.29 is 60.7 Å². The van der Waals surface area contributed by atoms with Gasteiger partial charge in [0.1, 0.15) is 11.7 Å². The van der Waals surface area contributed by atoms with Crippen LogP contribution in [0.1, 0.15) is 103 Å². The Morgan fingerprint density at radius 2 is 0.809 bits per heavy atom. The van der Waals surface area contributed by atoms with Crippen molar-refractivity contribution in [2.24, 2.45) is 42.1 Å². The average Bonchev–Trinajstić information content (AvgIpc) is 3.51. The zero-order chi connectivity index (χ0) is 32.3. The Kier molecular flexibility index (Phi) is 18.3. The van der Waals surface area contributed by atoms with E-state index in [9.17, 15) is 0 Å². The molecule has 0 spiro atoms. The maximum atomic E-state index is 5.99. The zero-order valence-electron chi connectivity index (χ0n) is 28.0. The molecule has 0 unspecified atom stereocenters. The molecule has 47 heavy (non-hydrogen) atoms. The zero-order valence-corrected chi connectivity index (χ0v) is 30.5. The van der Waals surface area contributed by atoms with Crippen LogP contribution in [0.4, 0.5) is 0 Å². The van der Waals surface area contributed by atoms with Gasteiger partial charge in [0, 0.05) is 11.1 Å². The molecule has 260 valence electrons. The standard InChI is InChI=1S/2C16H22N4O2.2ClH.Ni/c2*1-5-11(3)19-21-16(22-20-12(4)6-2)14-10-8-7-9-13(14)15(17)18-16;;;/h2*7-10H,5-6H2,1-4H3,(H2,17,18);2*1H;/q;;;;+2/p-2/b2*19-11+,20-12+;;;. The van der Waals surface area contributed by atoms with Gasteiger partial charge in [-0.3, -0.25) is 0 Å². The number of aliphatic imine (C=N–C) groups is 2. The van der Waals surface area contributed by atoms with Crippen molar-refractivity contribution in [1.29, 1.82) is 0 Å². The number of nitrogens with zero attached hydrogens (tertiary/aromatic N) is 6. The van der Waals surface area contributed by atoms with E-state index in [-0.39, 0.29) is 41.3 Å². The maximum Gasteiger partial charge on any atom is 2.00 e. The van der Waals surface area contributed by atoms with E-state index < -0.39 is 11.8 Å². The Balaban J connectivity index is 0.000000846. The fourth-order valence-electron chi connectivity index (χ4n) is 3.65. The molecule has 0 amide bonds. The Hall–Kier alpha value is -3.67. The van der Waals surface area contributed by atoms with E-state index >= 15 is 0 Å². The summed E-state index contributed by atoms with van der Waals surface area (Å²) >= 11 is 0. The second-order valence-electron chi connectivity index (χ2n) is 10.3. The monoisotopic (exact) mass is 732 g/mol. The second kappa shape index (κ2) is 19.9. The summed E-state index contributed by atoms with van der Waals surface area (Å²) in [5.74, 6) is -2.20. The van der Waals surface area contributed by atoms with E-state index in [1.165, 1.54) is 0 Å². The van der Waals surface area contributed by atoms with E-state index in [4.69, 9.17) is 30.8 Å². The van der Waals surface area contributed by atoms with Crippen LogP contribution in [0, 0.1) is 0 Å². The molecule has 0 aromatic heterocycles. The van der Waals surface area contributed by atoms with Crippen LogP contribution in [0.5, 0.6) is 0 Å². The maximum absolute atomic E-state index is 5.99. The van der Waals surface area contributed by atoms with Crippen molar-refractivity contribution in [3.8, 4) is 0 Å². The third kappa shape index (κ3) is 10.7. The molecule has 4 rings (SSSR count). The van der Waals surface area contributed by atoms with Gasteiger partial charge in [0.25, 0.3) is 0 Å². The van der Waals surface area contributed by atoms with E-state index in [0.29, 0.717) is 22.8 Å². The molecule has 4 N–H and O–H groups in total. The smallest absolute Gasteiger partial charge is 1.00 e. The third-order valence-corrected chi connectivity index (χ3v) is 6.97. The molecule has 2 aromatic carbocycles. The van der Waals surface area contributed by atoms with E-state index in [2.05, 4.69) is 30.6 Å². The van der Waals surface area contributed by atoms with Gasteiger partial charge >= 0.3 is 28.3 Å². The van der Waals surface area contributed by atoms with Crippen LogP contribution >= 0.6 is 0 Å². The number of nitrogens with two attached hydrogens (primary N) is 2. The SMILES string of the molecule is CC/C(C)=N/OC1(O/N=C(\C)CC)N=C(N)c2ccccc21.CC/C(C)=N/OC1(O/N=C(\C)CC)N=C(N)c2ccccc21.[Cl-].[Cl-].[Ni+2]. The molecule has 0 radical (unpaired) electrons. The quantitative estimate of drug-likeness (QED) is 0.138. The number of hydrogen-bond donors (Lipinski definition) is 2. The van der Waals surface area contributed by atoms with Crippen LogP contribution < -0.4 is 36.3 Å². The molecular formula is C32H44Cl2N8NiO4. The summed E-state index contributed by atoms with van der Waals surface area (Å²) in [7, 11) is 0. The van der Waals surface area contributed by atoms with Crippen LogP contribution in [-0.4, -0.2) is 34.5 Å². The molecule has 2 aromatic rings. The summed E-state index contributed by atoms with van der Waals surface area (Å²) in [6.07, 6.45) is 3.09. The molecule has 12 nitrogen and oxygen atoms in total. The van der Waals surface area contributed by atoms with Gasteiger partial charge in [-0.05, 0) is 65.5 Å². The fraction of sp³-hybridized carbons (Fsp3) is 0.438. The van der Waals surface area contributed by atoms with E-state index in [1.807, 2.05) is 104 Å². The number of rotatable bonds is 12. The number of oxime groups is 4. The van der Waals surface area contributed by atoms with Gasteiger partial charge in [0.05, 0.1) is 34.0 Å². The third-order valence-electron chi connectivity index (χ3n) is 6.97. The first-order valence-electron chi connectivity index (χ1n) is 14.8. The van der Waals surface area contributed by atoms with Gasteiger partial charge in [-0.15, -0.1) is 0 Å². The van der Waals surface area contributed by atoms with Crippen molar-refractivity contribution in [3.05, 3.63) is 70.8 Å². The normalized spacial score (nSPS) is 20.0. The fourth-order valence-corrected chi connectivity index (χ4v) is 3.65. The Morgan fingerprint density at radius 1 is 0.553 bits per heavy atom. The van der Waals surface area contributed by atoms with Gasteiger partial charge in [0.15, 0.2) is 0 Å². The van der Waals surface area contributed by atoms with Crippen LogP contribution in [0.15, 0.2) is 79.1 Å². The summed E-state index contributed by atoms with van der Waals surface area (Å²) < 4.78 is 0. The molecule has 0 aliphatic carbocycles. The summed E-state index contributed by atoms with van der Waals surface area (Å²) in [5, 5.41) is 16.4. The number of hydrogen-bond acceptors (Lipinski definition) is 12. The number of amidine groups is 2. The van der Waals surface area contributed by atoms with Crippen molar-refractivity contribution in [2.45, 2.75) is 92.9 Å². The van der Waals surface area contributed by atoms with Crippen molar-refractivity contribution in [1.82, 2.24) is 0 Å². The predicted octanol–water partition coefficient (Wildman–Crippen LogP) is 0.247. The van der Waals surface area contributed by atoms with Gasteiger partial charge in [0.2, 0.25) is 0 Å². The number of fused-ring (bicyclic) bond motifs is 2. The van der Waals surface area contributed by atoms with Gasteiger partial charge < -0.3 is 55.6 Å². The van der Waals surface area contributed by atoms with Gasteiger partial charge in [-0.25, -0.2) is 0 Å². The first-order valence-corrected chi connectivity index (χ1v) is 14.8. The van der Waals surface area contributed by atoms with Gasteiger partial charge in [-0.2, -0.15) is 9.98 Å². The minimum absolute atomic E-state index is 0. The Morgan fingerprint density at radius 3 is 1.06 bits per heavy atom. The van der Waals surface area contributed by atoms with Crippen LogP contribution in [-0.2, 0) is 47.7 Å². The summed E-state index contributed by atoms with van der Waals surface area (Å²) in [4.78, 5) is 31.2. The number of benzene rings is 2. The molecule has 0 atom stereocenters. The van der Waals surface area contributed by atoms with Crippen LogP contribution in [0.3, 0.4) is 0 Å². The van der Waals surface area contributed by atoms with Crippen molar-refractivity contribution >= 4 is 34.5 Å². The molecule has 0 saturated heterocycles. The van der Waals surface area contributed by atoms with E-state index in [1.54, 1.807) is 0 Å². The Labute approximate surface area is 299 Å². The molecular weight excluding hydrogens is 690 g/mol. The minimum Gasteiger partial charge on any atom is -1.00 e. The molecule has 15 heteroatoms. The van der Waals surface area contributed by atoms with Crippen LogP contribution in [0.2, 0.25) is 0 Å². The molecule has 2 heterocycles. The average molecular weight is 734 g/mol. The summed E-state index contributed by atoms with van der Waals surface area (Å²) in [5.41, 5.74) is 18.3. The largest absolute Gasteiger partial charge is 2.00 e. The van der Waals surface area contributed by atoms with E-state index in [0.717, 1.165) is 59.7 Å². The van der Waals surface area contributed by atoms with Crippen molar-refractivity contribution in [2.75, 3.05) is 0 Å². The topological polar surface area (TPSA) is 163 Å². The minimum atomic E-state index is -1.45. The first-order chi connectivity index (χ1) is 21.0. The van der Waals surface area contributed by atoms with Crippen LogP contribution in [0.25, 0.3) is 0 Å². The molecule has 2 aliphatic heterocycles. The molecule has 0 fully saturated rings. The van der Waals surface area contributed by atoms with Gasteiger partial charge in [-0.1, -0.05) is 84.7 Å². The molecule has 2 aliphatic rings. The van der Waals surface area contributed by atoms with Crippen molar-refractivity contribution in [3.63, 3.8) is 0 Å².